The summed E-state index contributed by atoms with van der Waals surface area (Å²) in [5, 5.41) is 0. The largest absolute Gasteiger partial charge is 0.318 e. The molecule has 0 radical (unpaired) electrons. The van der Waals surface area contributed by atoms with E-state index in [0.29, 0.717) is 6.67 Å². The van der Waals surface area contributed by atoms with Crippen LogP contribution < -0.4 is 5.73 Å². The van der Waals surface area contributed by atoms with Crippen molar-refractivity contribution in [1.82, 2.24) is 4.90 Å². The second kappa shape index (κ2) is 15.1. The highest BCUT2D eigenvalue weighted by molar-refractivity contribution is 5.48. The Labute approximate surface area is 88.7 Å². The molecule has 0 rings (SSSR count). The minimum absolute atomic E-state index is 0.639. The van der Waals surface area contributed by atoms with Crippen LogP contribution in [0.5, 0.6) is 0 Å². The molecule has 0 saturated heterocycles. The van der Waals surface area contributed by atoms with Gasteiger partial charge in [-0.25, -0.2) is 0 Å². The number of aldehydes is 1. The minimum atomic E-state index is 0.639. The standard InChI is InChI=1S/C8H16O.C3H10N2/c1-2-3-4-5-6-7-8-9;1-5(2)3-4/h8H,2-7H2,1H3;3-4H2,1-2H3. The molecule has 0 atom stereocenters. The summed E-state index contributed by atoms with van der Waals surface area (Å²) in [5.41, 5.74) is 5.10. The Balaban J connectivity index is 0. The van der Waals surface area contributed by atoms with Crippen LogP contribution in [0.15, 0.2) is 0 Å². The van der Waals surface area contributed by atoms with Crippen LogP contribution in [-0.4, -0.2) is 32.0 Å². The van der Waals surface area contributed by atoms with Crippen molar-refractivity contribution in [2.45, 2.75) is 45.4 Å². The van der Waals surface area contributed by atoms with Crippen LogP contribution in [0.2, 0.25) is 0 Å². The van der Waals surface area contributed by atoms with Crippen molar-refractivity contribution in [1.29, 1.82) is 0 Å². The van der Waals surface area contributed by atoms with E-state index in [1.165, 1.54) is 25.7 Å². The van der Waals surface area contributed by atoms with Gasteiger partial charge in [0.15, 0.2) is 0 Å². The van der Waals surface area contributed by atoms with Crippen molar-refractivity contribution in [3.63, 3.8) is 0 Å². The van der Waals surface area contributed by atoms with Crippen molar-refractivity contribution in [2.75, 3.05) is 20.8 Å². The van der Waals surface area contributed by atoms with Crippen LogP contribution in [0.4, 0.5) is 0 Å². The molecule has 0 spiro atoms. The summed E-state index contributed by atoms with van der Waals surface area (Å²) >= 11 is 0. The van der Waals surface area contributed by atoms with Crippen LogP contribution in [0.1, 0.15) is 45.4 Å². The molecule has 0 unspecified atom stereocenters. The van der Waals surface area contributed by atoms with Gasteiger partial charge in [0.2, 0.25) is 0 Å². The summed E-state index contributed by atoms with van der Waals surface area (Å²) in [5.74, 6) is 0. The van der Waals surface area contributed by atoms with Gasteiger partial charge < -0.3 is 10.5 Å². The van der Waals surface area contributed by atoms with E-state index in [0.717, 1.165) is 19.1 Å². The molecule has 0 fully saturated rings. The van der Waals surface area contributed by atoms with E-state index in [9.17, 15) is 4.79 Å². The molecule has 0 aliphatic carbocycles. The lowest BCUT2D eigenvalue weighted by atomic mass is 10.1. The predicted octanol–water partition coefficient (Wildman–Crippen LogP) is 2.01. The van der Waals surface area contributed by atoms with E-state index in [4.69, 9.17) is 5.73 Å². The first-order valence-electron chi connectivity index (χ1n) is 5.47. The number of unbranched alkanes of at least 4 members (excludes halogenated alkanes) is 5. The van der Waals surface area contributed by atoms with Crippen molar-refractivity contribution < 1.29 is 4.79 Å². The lowest BCUT2D eigenvalue weighted by Crippen LogP contribution is -2.20. The summed E-state index contributed by atoms with van der Waals surface area (Å²) < 4.78 is 0. The number of carbonyl (C=O) groups excluding carboxylic acids is 1. The fourth-order valence-corrected chi connectivity index (χ4v) is 0.831. The smallest absolute Gasteiger partial charge is 0.119 e. The van der Waals surface area contributed by atoms with E-state index in [1.54, 1.807) is 0 Å². The minimum Gasteiger partial charge on any atom is -0.318 e. The maximum Gasteiger partial charge on any atom is 0.119 e. The number of carbonyl (C=O) groups is 1. The topological polar surface area (TPSA) is 46.3 Å². The van der Waals surface area contributed by atoms with Gasteiger partial charge >= 0.3 is 0 Å². The molecule has 0 aliphatic rings. The Morgan fingerprint density at radius 3 is 2.00 bits per heavy atom. The van der Waals surface area contributed by atoms with Crippen LogP contribution in [0.3, 0.4) is 0 Å². The Morgan fingerprint density at radius 1 is 1.14 bits per heavy atom. The Morgan fingerprint density at radius 2 is 1.64 bits per heavy atom. The number of nitrogens with two attached hydrogens (primary N) is 1. The molecule has 0 aromatic heterocycles. The molecule has 0 aliphatic heterocycles. The third-order valence-corrected chi connectivity index (χ3v) is 1.79. The highest BCUT2D eigenvalue weighted by atomic mass is 16.1. The molecule has 0 bridgehead atoms. The molecular formula is C11H26N2O. The fourth-order valence-electron chi connectivity index (χ4n) is 0.831. The summed E-state index contributed by atoms with van der Waals surface area (Å²) in [7, 11) is 3.86. The highest BCUT2D eigenvalue weighted by Gasteiger charge is 1.85. The molecule has 0 saturated carbocycles. The second-order valence-corrected chi connectivity index (χ2v) is 3.63. The molecule has 0 aromatic rings. The van der Waals surface area contributed by atoms with Gasteiger partial charge in [0, 0.05) is 13.1 Å². The highest BCUT2D eigenvalue weighted by Crippen LogP contribution is 2.02. The summed E-state index contributed by atoms with van der Waals surface area (Å²) in [4.78, 5) is 11.7. The first kappa shape index (κ1) is 16.0. The first-order valence-corrected chi connectivity index (χ1v) is 5.47. The normalized spacial score (nSPS) is 9.50. The van der Waals surface area contributed by atoms with Crippen LogP contribution in [-0.2, 0) is 4.79 Å². The van der Waals surface area contributed by atoms with Crippen molar-refractivity contribution in [2.24, 2.45) is 5.73 Å². The maximum atomic E-state index is 9.84. The third-order valence-electron chi connectivity index (χ3n) is 1.79. The zero-order valence-electron chi connectivity index (χ0n) is 9.96. The Hall–Kier alpha value is -0.410. The summed E-state index contributed by atoms with van der Waals surface area (Å²) in [6, 6.07) is 0. The van der Waals surface area contributed by atoms with E-state index in [1.807, 2.05) is 19.0 Å². The van der Waals surface area contributed by atoms with Gasteiger partial charge in [-0.3, -0.25) is 4.90 Å². The van der Waals surface area contributed by atoms with Crippen molar-refractivity contribution in [3.05, 3.63) is 0 Å². The van der Waals surface area contributed by atoms with Gasteiger partial charge in [-0.15, -0.1) is 0 Å². The lowest BCUT2D eigenvalue weighted by Gasteiger charge is -2.00. The molecule has 3 nitrogen and oxygen atoms in total. The monoisotopic (exact) mass is 202 g/mol. The molecule has 14 heavy (non-hydrogen) atoms. The number of hydrogen-bond acceptors (Lipinski definition) is 3. The molecule has 86 valence electrons. The van der Waals surface area contributed by atoms with E-state index < -0.39 is 0 Å². The maximum absolute atomic E-state index is 9.84. The average molecular weight is 202 g/mol. The second-order valence-electron chi connectivity index (χ2n) is 3.63. The summed E-state index contributed by atoms with van der Waals surface area (Å²) in [6.07, 6.45) is 7.97. The van der Waals surface area contributed by atoms with Gasteiger partial charge in [-0.2, -0.15) is 0 Å². The molecular weight excluding hydrogens is 176 g/mol. The van der Waals surface area contributed by atoms with E-state index >= 15 is 0 Å². The molecule has 0 amide bonds. The van der Waals surface area contributed by atoms with Crippen LogP contribution in [0, 0.1) is 0 Å². The predicted molar refractivity (Wildman–Crippen MR) is 62.2 cm³/mol. The first-order chi connectivity index (χ1) is 6.68. The lowest BCUT2D eigenvalue weighted by molar-refractivity contribution is -0.107. The number of hydrogen-bond donors (Lipinski definition) is 1. The zero-order valence-corrected chi connectivity index (χ0v) is 9.96. The molecule has 0 aromatic carbocycles. The van der Waals surface area contributed by atoms with Crippen LogP contribution in [0.25, 0.3) is 0 Å². The molecule has 3 heteroatoms. The van der Waals surface area contributed by atoms with Crippen LogP contribution >= 0.6 is 0 Å². The SMILES string of the molecule is CCCCCCCC=O.CN(C)CN. The van der Waals surface area contributed by atoms with Gasteiger partial charge in [0.05, 0.1) is 0 Å². The number of rotatable bonds is 7. The fraction of sp³-hybridized carbons (Fsp3) is 0.909. The number of nitrogens with zero attached hydrogens (tertiary/aromatic N) is 1. The zero-order chi connectivity index (χ0) is 11.2. The average Bonchev–Trinajstić information content (AvgIpc) is 2.19. The van der Waals surface area contributed by atoms with Gasteiger partial charge in [0.25, 0.3) is 0 Å². The van der Waals surface area contributed by atoms with Gasteiger partial charge in [-0.1, -0.05) is 32.6 Å². The Kier molecular flexibility index (Phi) is 17.3. The van der Waals surface area contributed by atoms with Crippen molar-refractivity contribution in [3.8, 4) is 0 Å². The van der Waals surface area contributed by atoms with Crippen molar-refractivity contribution >= 4 is 6.29 Å². The van der Waals surface area contributed by atoms with Gasteiger partial charge in [0.1, 0.15) is 6.29 Å². The third kappa shape index (κ3) is 22.6. The summed E-state index contributed by atoms with van der Waals surface area (Å²) in [6.45, 7) is 2.83. The molecule has 2 N–H and O–H groups in total. The van der Waals surface area contributed by atoms with Gasteiger partial charge in [-0.05, 0) is 20.5 Å². The molecule has 0 heterocycles. The van der Waals surface area contributed by atoms with E-state index in [-0.39, 0.29) is 0 Å². The van der Waals surface area contributed by atoms with E-state index in [2.05, 4.69) is 6.92 Å². The Bertz CT molecular complexity index is 105. The quantitative estimate of drug-likeness (QED) is 0.390.